The SMILES string of the molecule is CCC[C@H]1OC(=O)[C@@](C)(F)C(=O)[C@H](C)[C@@H](OC2O[C@H](C)C[C@H](N(C)C)[C@H]2O)[C@](C)(OC/C=C/c2cccnc2)C[C@@H](C)C(=O)[C@H](C)[C@@H]2NC(=O)O[C@]12C. The zero-order chi connectivity index (χ0) is 39.5. The fraction of sp³-hybridized carbons (Fsp3) is 0.718. The van der Waals surface area contributed by atoms with Crippen molar-refractivity contribution in [2.24, 2.45) is 17.8 Å². The van der Waals surface area contributed by atoms with E-state index in [9.17, 15) is 24.3 Å². The van der Waals surface area contributed by atoms with Crippen molar-refractivity contribution in [2.75, 3.05) is 20.7 Å². The van der Waals surface area contributed by atoms with Gasteiger partial charge in [-0.15, -0.1) is 0 Å². The number of Topliss-reactive ketones (excluding diaryl/α,β-unsaturated/α-hetero) is 2. The van der Waals surface area contributed by atoms with Crippen LogP contribution in [0.3, 0.4) is 0 Å². The number of amides is 1. The first kappa shape index (κ1) is 42.4. The lowest BCUT2D eigenvalue weighted by Crippen LogP contribution is -2.61. The summed E-state index contributed by atoms with van der Waals surface area (Å²) in [6.45, 7) is 12.5. The van der Waals surface area contributed by atoms with E-state index in [1.807, 2.05) is 38.9 Å². The first-order chi connectivity index (χ1) is 24.8. The highest BCUT2D eigenvalue weighted by atomic mass is 19.1. The fourth-order valence-corrected chi connectivity index (χ4v) is 8.15. The molecule has 3 fully saturated rings. The number of nitrogens with zero attached hydrogens (tertiary/aromatic N) is 2. The summed E-state index contributed by atoms with van der Waals surface area (Å²) in [4.78, 5) is 61.2. The van der Waals surface area contributed by atoms with Crippen LogP contribution in [0.25, 0.3) is 6.08 Å². The van der Waals surface area contributed by atoms with Crippen LogP contribution >= 0.6 is 0 Å². The molecule has 296 valence electrons. The molecular weight excluding hydrogens is 689 g/mol. The van der Waals surface area contributed by atoms with Gasteiger partial charge in [-0.3, -0.25) is 14.6 Å². The van der Waals surface area contributed by atoms with Gasteiger partial charge < -0.3 is 39.0 Å². The molecule has 0 radical (unpaired) electrons. The molecule has 1 unspecified atom stereocenters. The minimum Gasteiger partial charge on any atom is -0.455 e. The Balaban J connectivity index is 1.84. The van der Waals surface area contributed by atoms with Crippen molar-refractivity contribution in [1.82, 2.24) is 15.2 Å². The second kappa shape index (κ2) is 17.0. The molecule has 0 aromatic carbocycles. The van der Waals surface area contributed by atoms with E-state index in [4.69, 9.17) is 23.7 Å². The van der Waals surface area contributed by atoms with Gasteiger partial charge in [0.1, 0.15) is 18.0 Å². The zero-order valence-corrected chi connectivity index (χ0v) is 32.7. The first-order valence-corrected chi connectivity index (χ1v) is 18.6. The Morgan fingerprint density at radius 2 is 1.81 bits per heavy atom. The second-order valence-electron chi connectivity index (χ2n) is 15.8. The molecule has 0 spiro atoms. The number of likely N-dealkylation sites (N-methyl/N-ethyl adjacent to an activating group) is 1. The summed E-state index contributed by atoms with van der Waals surface area (Å²) >= 11 is 0. The normalized spacial score (nSPS) is 40.4. The number of fused-ring (bicyclic) bond motifs is 1. The van der Waals surface area contributed by atoms with Crippen molar-refractivity contribution in [3.63, 3.8) is 0 Å². The van der Waals surface area contributed by atoms with Crippen LogP contribution in [-0.4, -0.2) is 119 Å². The van der Waals surface area contributed by atoms with E-state index in [1.54, 1.807) is 58.3 Å². The number of hydrogen-bond acceptors (Lipinski definition) is 12. The molecule has 1 amide bonds. The van der Waals surface area contributed by atoms with Crippen LogP contribution in [0.4, 0.5) is 9.18 Å². The Hall–Kier alpha value is -3.30. The van der Waals surface area contributed by atoms with Gasteiger partial charge in [0.2, 0.25) is 0 Å². The van der Waals surface area contributed by atoms with Crippen LogP contribution in [0.2, 0.25) is 0 Å². The average Bonchev–Trinajstić information content (AvgIpc) is 3.42. The van der Waals surface area contributed by atoms with Gasteiger partial charge in [0.25, 0.3) is 5.67 Å². The minimum atomic E-state index is -3.18. The number of cyclic esters (lactones) is 1. The number of carbonyl (C=O) groups is 4. The molecule has 4 rings (SSSR count). The minimum absolute atomic E-state index is 0.0222. The van der Waals surface area contributed by atoms with Crippen LogP contribution in [0, 0.1) is 17.8 Å². The van der Waals surface area contributed by atoms with Gasteiger partial charge in [-0.05, 0) is 72.7 Å². The van der Waals surface area contributed by atoms with Gasteiger partial charge in [-0.25, -0.2) is 14.0 Å². The van der Waals surface area contributed by atoms with Crippen molar-refractivity contribution >= 4 is 29.7 Å². The van der Waals surface area contributed by atoms with E-state index in [0.29, 0.717) is 12.8 Å². The predicted octanol–water partition coefficient (Wildman–Crippen LogP) is 4.44. The van der Waals surface area contributed by atoms with Crippen molar-refractivity contribution in [3.8, 4) is 0 Å². The van der Waals surface area contributed by atoms with Gasteiger partial charge in [0.05, 0.1) is 30.5 Å². The Kier molecular flexibility index (Phi) is 13.6. The Morgan fingerprint density at radius 3 is 2.43 bits per heavy atom. The van der Waals surface area contributed by atoms with Crippen LogP contribution < -0.4 is 5.32 Å². The molecule has 0 bridgehead atoms. The van der Waals surface area contributed by atoms with E-state index in [1.165, 1.54) is 6.92 Å². The van der Waals surface area contributed by atoms with Gasteiger partial charge in [-0.1, -0.05) is 52.3 Å². The number of alkyl carbamates (subject to hydrolysis) is 1. The monoisotopic (exact) mass is 747 g/mol. The van der Waals surface area contributed by atoms with Gasteiger partial charge >= 0.3 is 12.1 Å². The van der Waals surface area contributed by atoms with E-state index in [-0.39, 0.29) is 37.4 Å². The van der Waals surface area contributed by atoms with Crippen LogP contribution in [0.5, 0.6) is 0 Å². The van der Waals surface area contributed by atoms with Crippen LogP contribution in [-0.2, 0) is 38.1 Å². The molecule has 1 aromatic heterocycles. The van der Waals surface area contributed by atoms with Crippen molar-refractivity contribution in [2.45, 2.75) is 141 Å². The number of aliphatic hydroxyl groups is 1. The number of rotatable bonds is 9. The number of hydrogen-bond donors (Lipinski definition) is 2. The number of esters is 1. The van der Waals surface area contributed by atoms with E-state index >= 15 is 4.39 Å². The number of alkyl halides is 1. The van der Waals surface area contributed by atoms with Crippen LogP contribution in [0.1, 0.15) is 86.6 Å². The van der Waals surface area contributed by atoms with Crippen molar-refractivity contribution in [1.29, 1.82) is 0 Å². The van der Waals surface area contributed by atoms with Gasteiger partial charge in [0, 0.05) is 36.2 Å². The molecule has 53 heavy (non-hydrogen) atoms. The summed E-state index contributed by atoms with van der Waals surface area (Å²) in [6.07, 6.45) is 1.80. The lowest BCUT2D eigenvalue weighted by Gasteiger charge is -2.47. The number of aromatic nitrogens is 1. The lowest BCUT2D eigenvalue weighted by molar-refractivity contribution is -0.297. The molecule has 4 heterocycles. The molecule has 3 aliphatic rings. The molecule has 3 aliphatic heterocycles. The number of nitrogens with one attached hydrogen (secondary N) is 1. The van der Waals surface area contributed by atoms with Gasteiger partial charge in [-0.2, -0.15) is 0 Å². The quantitative estimate of drug-likeness (QED) is 0.270. The standard InChI is InChI=1S/C39H58FN3O10/c1-11-14-28-39(8)31(42-36(48)53-39)24(4)29(44)22(2)20-37(6,49-18-13-16-26-15-12-17-41-21-26)33(25(5)32(46)38(7,40)35(47)51-28)52-34-30(45)27(43(9)10)19-23(3)50-34/h12-13,15-17,21-25,27-28,30-31,33-34,45H,11,14,18-20H2,1-10H3,(H,42,48)/b16-13+/t22-,23-,24+,25+,27+,28-,30-,31+,33-,34?,37-,38+,39-/m1/s1. The van der Waals surface area contributed by atoms with Gasteiger partial charge in [0.15, 0.2) is 17.7 Å². The molecule has 0 aliphatic carbocycles. The Morgan fingerprint density at radius 1 is 1.11 bits per heavy atom. The molecule has 3 saturated heterocycles. The summed E-state index contributed by atoms with van der Waals surface area (Å²) in [5.74, 6) is -5.87. The topological polar surface area (TPSA) is 163 Å². The smallest absolute Gasteiger partial charge is 0.408 e. The highest BCUT2D eigenvalue weighted by Crippen LogP contribution is 2.41. The predicted molar refractivity (Wildman–Crippen MR) is 193 cm³/mol. The van der Waals surface area contributed by atoms with Crippen LogP contribution in [0.15, 0.2) is 30.6 Å². The third-order valence-electron chi connectivity index (χ3n) is 11.2. The average molecular weight is 748 g/mol. The number of carbonyl (C=O) groups excluding carboxylic acids is 4. The molecular formula is C39H58FN3O10. The molecule has 13 atom stereocenters. The number of pyridine rings is 1. The van der Waals surface area contributed by atoms with E-state index in [2.05, 4.69) is 10.3 Å². The summed E-state index contributed by atoms with van der Waals surface area (Å²) < 4.78 is 47.6. The lowest BCUT2D eigenvalue weighted by atomic mass is 9.73. The second-order valence-corrected chi connectivity index (χ2v) is 15.8. The summed E-state index contributed by atoms with van der Waals surface area (Å²) in [5, 5.41) is 14.2. The third kappa shape index (κ3) is 9.16. The molecule has 0 saturated carbocycles. The first-order valence-electron chi connectivity index (χ1n) is 18.6. The maximum Gasteiger partial charge on any atom is 0.408 e. The van der Waals surface area contributed by atoms with Crippen molar-refractivity contribution < 1.29 is 52.4 Å². The Labute approximate surface area is 312 Å². The van der Waals surface area contributed by atoms with Crippen molar-refractivity contribution in [3.05, 3.63) is 36.2 Å². The van der Waals surface area contributed by atoms with E-state index < -0.39 is 83.1 Å². The highest BCUT2D eigenvalue weighted by Gasteiger charge is 2.59. The molecule has 2 N–H and O–H groups in total. The highest BCUT2D eigenvalue weighted by molar-refractivity contribution is 6.08. The maximum atomic E-state index is 16.9. The fourth-order valence-electron chi connectivity index (χ4n) is 8.15. The maximum absolute atomic E-state index is 16.9. The molecule has 1 aromatic rings. The van der Waals surface area contributed by atoms with E-state index in [0.717, 1.165) is 12.5 Å². The molecule has 13 nitrogen and oxygen atoms in total. The number of ether oxygens (including phenoxy) is 5. The number of aliphatic hydroxyl groups excluding tert-OH is 1. The largest absolute Gasteiger partial charge is 0.455 e. The third-order valence-corrected chi connectivity index (χ3v) is 11.2. The summed E-state index contributed by atoms with van der Waals surface area (Å²) in [6, 6.07) is 2.32. The molecule has 14 heteroatoms. The summed E-state index contributed by atoms with van der Waals surface area (Å²) in [5.41, 5.74) is -5.45. The number of ketones is 2. The zero-order valence-electron chi connectivity index (χ0n) is 32.7. The summed E-state index contributed by atoms with van der Waals surface area (Å²) in [7, 11) is 3.64. The number of halogens is 1. The Bertz CT molecular complexity index is 1490.